The maximum absolute atomic E-state index is 11.2. The maximum Gasteiger partial charge on any atom is 0.369 e. The highest BCUT2D eigenvalue weighted by Gasteiger charge is 2.13. The van der Waals surface area contributed by atoms with Crippen LogP contribution < -0.4 is 5.32 Å². The van der Waals surface area contributed by atoms with Crippen LogP contribution in [0.25, 0.3) is 0 Å². The molecule has 1 rings (SSSR count). The predicted octanol–water partition coefficient (Wildman–Crippen LogP) is 0.351. The Morgan fingerprint density at radius 1 is 1.47 bits per heavy atom. The summed E-state index contributed by atoms with van der Waals surface area (Å²) in [5.41, 5.74) is 0. The van der Waals surface area contributed by atoms with Gasteiger partial charge in [0.05, 0.1) is 13.2 Å². The third-order valence-corrected chi connectivity index (χ3v) is 2.31. The number of aromatic nitrogens is 2. The van der Waals surface area contributed by atoms with Gasteiger partial charge in [0.15, 0.2) is 0 Å². The second kappa shape index (κ2) is 5.40. The average molecular weight is 229 g/mol. The molecule has 1 aromatic heterocycles. The number of hydrogen-bond donors (Lipinski definition) is 1. The second-order valence-corrected chi connectivity index (χ2v) is 3.69. The van der Waals surface area contributed by atoms with Gasteiger partial charge in [-0.2, -0.15) is 0 Å². The van der Waals surface area contributed by atoms with Crippen molar-refractivity contribution in [3.8, 4) is 0 Å². The summed E-state index contributed by atoms with van der Waals surface area (Å²) in [6.45, 7) is 3.72. The Kier molecular flexibility index (Phi) is 4.17. The molecule has 0 saturated carbocycles. The van der Waals surface area contributed by atoms with Gasteiger partial charge in [0, 0.05) is 6.92 Å². The zero-order valence-corrected chi connectivity index (χ0v) is 9.26. The summed E-state index contributed by atoms with van der Waals surface area (Å²) in [4.78, 5) is 21.8. The number of ether oxygens (including phenoxy) is 1. The molecule has 0 bridgehead atoms. The molecule has 82 valence electrons. The lowest BCUT2D eigenvalue weighted by Crippen LogP contribution is -2.18. The summed E-state index contributed by atoms with van der Waals surface area (Å²) in [5.74, 6) is -0.632. The van der Waals surface area contributed by atoms with E-state index in [2.05, 4.69) is 15.5 Å². The summed E-state index contributed by atoms with van der Waals surface area (Å²) in [6.07, 6.45) is 0. The molecule has 1 amide bonds. The van der Waals surface area contributed by atoms with Gasteiger partial charge < -0.3 is 10.1 Å². The van der Waals surface area contributed by atoms with Crippen LogP contribution in [0.3, 0.4) is 0 Å². The standard InChI is InChI=1S/C8H11N3O3S/c1-3-14-8(13)7-11-10-6(15-7)4-9-5(2)12/h3-4H2,1-2H3,(H,9,12). The monoisotopic (exact) mass is 229 g/mol. The minimum Gasteiger partial charge on any atom is -0.461 e. The Morgan fingerprint density at radius 3 is 2.80 bits per heavy atom. The van der Waals surface area contributed by atoms with Crippen LogP contribution in [-0.4, -0.2) is 28.7 Å². The predicted molar refractivity (Wildman–Crippen MR) is 53.4 cm³/mol. The van der Waals surface area contributed by atoms with Crippen molar-refractivity contribution in [1.29, 1.82) is 0 Å². The topological polar surface area (TPSA) is 81.2 Å². The number of nitrogens with zero attached hydrogens (tertiary/aromatic N) is 2. The molecule has 0 aliphatic rings. The van der Waals surface area contributed by atoms with Crippen molar-refractivity contribution < 1.29 is 14.3 Å². The van der Waals surface area contributed by atoms with Gasteiger partial charge in [-0.25, -0.2) is 4.79 Å². The molecule has 0 radical (unpaired) electrons. The molecule has 0 aliphatic carbocycles. The van der Waals surface area contributed by atoms with Crippen LogP contribution in [0.1, 0.15) is 28.7 Å². The van der Waals surface area contributed by atoms with Crippen molar-refractivity contribution in [3.63, 3.8) is 0 Å². The third kappa shape index (κ3) is 3.62. The van der Waals surface area contributed by atoms with Gasteiger partial charge >= 0.3 is 5.97 Å². The molecule has 0 unspecified atom stereocenters. The summed E-state index contributed by atoms with van der Waals surface area (Å²) in [6, 6.07) is 0. The molecule has 0 fully saturated rings. The Hall–Kier alpha value is -1.50. The van der Waals surface area contributed by atoms with Crippen LogP contribution in [0, 0.1) is 0 Å². The molecule has 0 atom stereocenters. The normalized spacial score (nSPS) is 9.73. The average Bonchev–Trinajstić information content (AvgIpc) is 2.63. The van der Waals surface area contributed by atoms with Crippen LogP contribution in [0.2, 0.25) is 0 Å². The van der Waals surface area contributed by atoms with Crippen LogP contribution in [0.4, 0.5) is 0 Å². The third-order valence-electron chi connectivity index (χ3n) is 1.41. The molecule has 0 saturated heterocycles. The summed E-state index contributed by atoms with van der Waals surface area (Å²) < 4.78 is 4.75. The van der Waals surface area contributed by atoms with Crippen LogP contribution >= 0.6 is 11.3 Å². The van der Waals surface area contributed by atoms with Gasteiger partial charge in [-0.3, -0.25) is 4.79 Å². The van der Waals surface area contributed by atoms with Crippen molar-refractivity contribution in [1.82, 2.24) is 15.5 Å². The second-order valence-electron chi connectivity index (χ2n) is 2.63. The molecule has 1 heterocycles. The Labute approximate surface area is 90.7 Å². The first-order valence-electron chi connectivity index (χ1n) is 4.37. The van der Waals surface area contributed by atoms with Crippen molar-refractivity contribution >= 4 is 23.2 Å². The van der Waals surface area contributed by atoms with E-state index in [9.17, 15) is 9.59 Å². The molecule has 1 N–H and O–H groups in total. The molecule has 6 nitrogen and oxygen atoms in total. The largest absolute Gasteiger partial charge is 0.461 e. The minimum absolute atomic E-state index is 0.150. The fourth-order valence-corrected chi connectivity index (χ4v) is 1.47. The molecular formula is C8H11N3O3S. The Bertz CT molecular complexity index is 364. The lowest BCUT2D eigenvalue weighted by atomic mass is 10.6. The summed E-state index contributed by atoms with van der Waals surface area (Å²) in [7, 11) is 0. The number of amides is 1. The van der Waals surface area contributed by atoms with E-state index in [4.69, 9.17) is 4.74 Å². The quantitative estimate of drug-likeness (QED) is 0.753. The van der Waals surface area contributed by atoms with Crippen molar-refractivity contribution in [3.05, 3.63) is 10.0 Å². The summed E-state index contributed by atoms with van der Waals surface area (Å²) in [5, 5.41) is 10.7. The molecule has 1 aromatic rings. The Morgan fingerprint density at radius 2 is 2.20 bits per heavy atom. The molecule has 15 heavy (non-hydrogen) atoms. The number of esters is 1. The molecule has 0 aromatic carbocycles. The van der Waals surface area contributed by atoms with E-state index in [0.717, 1.165) is 11.3 Å². The van der Waals surface area contributed by atoms with E-state index in [-0.39, 0.29) is 17.5 Å². The fraction of sp³-hybridized carbons (Fsp3) is 0.500. The number of carbonyl (C=O) groups excluding carboxylic acids is 2. The zero-order chi connectivity index (χ0) is 11.3. The lowest BCUT2D eigenvalue weighted by molar-refractivity contribution is -0.119. The minimum atomic E-state index is -0.482. The molecule has 0 spiro atoms. The number of carbonyl (C=O) groups is 2. The first-order chi connectivity index (χ1) is 7.13. The van der Waals surface area contributed by atoms with Gasteiger partial charge in [-0.05, 0) is 6.92 Å². The van der Waals surface area contributed by atoms with E-state index < -0.39 is 5.97 Å². The lowest BCUT2D eigenvalue weighted by Gasteiger charge is -1.95. The van der Waals surface area contributed by atoms with E-state index >= 15 is 0 Å². The van der Waals surface area contributed by atoms with E-state index in [1.54, 1.807) is 6.92 Å². The molecule has 0 aliphatic heterocycles. The zero-order valence-electron chi connectivity index (χ0n) is 8.44. The van der Waals surface area contributed by atoms with Gasteiger partial charge in [0.1, 0.15) is 5.01 Å². The van der Waals surface area contributed by atoms with Crippen LogP contribution in [0.5, 0.6) is 0 Å². The summed E-state index contributed by atoms with van der Waals surface area (Å²) >= 11 is 1.11. The SMILES string of the molecule is CCOC(=O)c1nnc(CNC(C)=O)s1. The van der Waals surface area contributed by atoms with Crippen molar-refractivity contribution in [2.45, 2.75) is 20.4 Å². The first kappa shape index (κ1) is 11.6. The van der Waals surface area contributed by atoms with E-state index in [0.29, 0.717) is 11.6 Å². The van der Waals surface area contributed by atoms with Gasteiger partial charge in [-0.15, -0.1) is 10.2 Å². The van der Waals surface area contributed by atoms with E-state index in [1.807, 2.05) is 0 Å². The maximum atomic E-state index is 11.2. The van der Waals surface area contributed by atoms with Gasteiger partial charge in [-0.1, -0.05) is 11.3 Å². The van der Waals surface area contributed by atoms with Gasteiger partial charge in [0.2, 0.25) is 10.9 Å². The number of rotatable bonds is 4. The smallest absolute Gasteiger partial charge is 0.369 e. The Balaban J connectivity index is 2.56. The highest BCUT2D eigenvalue weighted by atomic mass is 32.1. The first-order valence-corrected chi connectivity index (χ1v) is 5.19. The van der Waals surface area contributed by atoms with Crippen LogP contribution in [-0.2, 0) is 16.1 Å². The molecule has 7 heteroatoms. The van der Waals surface area contributed by atoms with Crippen LogP contribution in [0.15, 0.2) is 0 Å². The van der Waals surface area contributed by atoms with E-state index in [1.165, 1.54) is 6.92 Å². The fourth-order valence-electron chi connectivity index (χ4n) is 0.800. The highest BCUT2D eigenvalue weighted by Crippen LogP contribution is 2.10. The van der Waals surface area contributed by atoms with Crippen molar-refractivity contribution in [2.24, 2.45) is 0 Å². The molecular weight excluding hydrogens is 218 g/mol. The van der Waals surface area contributed by atoms with Gasteiger partial charge in [0.25, 0.3) is 0 Å². The number of nitrogens with one attached hydrogen (secondary N) is 1. The van der Waals surface area contributed by atoms with Crippen molar-refractivity contribution in [2.75, 3.05) is 6.61 Å². The number of hydrogen-bond acceptors (Lipinski definition) is 6. The highest BCUT2D eigenvalue weighted by molar-refractivity contribution is 7.13.